The molecule has 11 nitrogen and oxygen atoms in total. The maximum Gasteiger partial charge on any atom is 0.252 e. The minimum Gasteiger partial charge on any atom is -0.387 e. The molecular weight excluding hydrogens is 378 g/mol. The van der Waals surface area contributed by atoms with Gasteiger partial charge in [0, 0.05) is 31.5 Å². The Morgan fingerprint density at radius 1 is 1.31 bits per heavy atom. The standard InChI is InChI=1S/C18H21N7O4/c1-3-21-17(28)13-11(26)12(27)18(29-13)25-8-22-10-15(19-2)23-14(24-16(10)25)9-5-4-6-20-7-9/h4-8,11-13,18,26-27H,3H2,1-2H3,(H,21,28)(H,19,23,24)/t11?,12?,13-,18?/m1/s1. The Kier molecular flexibility index (Phi) is 5.09. The number of aliphatic hydroxyl groups excluding tert-OH is 2. The first kappa shape index (κ1) is 19.2. The second-order valence-electron chi connectivity index (χ2n) is 6.53. The van der Waals surface area contributed by atoms with E-state index in [4.69, 9.17) is 4.74 Å². The van der Waals surface area contributed by atoms with Gasteiger partial charge in [0.1, 0.15) is 12.2 Å². The van der Waals surface area contributed by atoms with Crippen LogP contribution in [0.15, 0.2) is 30.9 Å². The van der Waals surface area contributed by atoms with Gasteiger partial charge in [-0.05, 0) is 19.1 Å². The number of amides is 1. The number of nitrogens with zero attached hydrogens (tertiary/aromatic N) is 5. The fourth-order valence-electron chi connectivity index (χ4n) is 3.28. The van der Waals surface area contributed by atoms with Crippen LogP contribution in [0.3, 0.4) is 0 Å². The van der Waals surface area contributed by atoms with Gasteiger partial charge in [0.2, 0.25) is 0 Å². The van der Waals surface area contributed by atoms with Gasteiger partial charge in [0.25, 0.3) is 5.91 Å². The molecule has 29 heavy (non-hydrogen) atoms. The number of anilines is 1. The van der Waals surface area contributed by atoms with Crippen LogP contribution in [0, 0.1) is 0 Å². The van der Waals surface area contributed by atoms with E-state index in [2.05, 4.69) is 30.6 Å². The summed E-state index contributed by atoms with van der Waals surface area (Å²) < 4.78 is 7.18. The summed E-state index contributed by atoms with van der Waals surface area (Å²) in [6, 6.07) is 3.60. The normalized spacial score (nSPS) is 24.0. The number of carbonyl (C=O) groups excluding carboxylic acids is 1. The molecule has 1 amide bonds. The lowest BCUT2D eigenvalue weighted by Crippen LogP contribution is -2.42. The molecule has 3 unspecified atom stereocenters. The van der Waals surface area contributed by atoms with Gasteiger partial charge >= 0.3 is 0 Å². The largest absolute Gasteiger partial charge is 0.387 e. The topological polar surface area (TPSA) is 147 Å². The fourth-order valence-corrected chi connectivity index (χ4v) is 3.28. The van der Waals surface area contributed by atoms with E-state index in [1.165, 1.54) is 10.9 Å². The highest BCUT2D eigenvalue weighted by Crippen LogP contribution is 2.33. The van der Waals surface area contributed by atoms with Crippen molar-refractivity contribution < 1.29 is 19.7 Å². The summed E-state index contributed by atoms with van der Waals surface area (Å²) in [5, 5.41) is 26.4. The summed E-state index contributed by atoms with van der Waals surface area (Å²) in [6.45, 7) is 2.14. The van der Waals surface area contributed by atoms with Gasteiger partial charge in [0.05, 0.1) is 6.33 Å². The third-order valence-corrected chi connectivity index (χ3v) is 4.70. The zero-order chi connectivity index (χ0) is 20.5. The van der Waals surface area contributed by atoms with Crippen molar-refractivity contribution in [3.63, 3.8) is 0 Å². The summed E-state index contributed by atoms with van der Waals surface area (Å²) in [5.41, 5.74) is 1.55. The molecular formula is C18H21N7O4. The Balaban J connectivity index is 1.77. The summed E-state index contributed by atoms with van der Waals surface area (Å²) in [4.78, 5) is 29.6. The predicted octanol–water partition coefficient (Wildman–Crippen LogP) is -0.315. The average molecular weight is 399 g/mol. The van der Waals surface area contributed by atoms with Crippen molar-refractivity contribution in [1.29, 1.82) is 0 Å². The first-order chi connectivity index (χ1) is 14.0. The number of aliphatic hydroxyl groups is 2. The first-order valence-corrected chi connectivity index (χ1v) is 9.17. The smallest absolute Gasteiger partial charge is 0.252 e. The third kappa shape index (κ3) is 3.28. The summed E-state index contributed by atoms with van der Waals surface area (Å²) in [6.07, 6.45) is -0.232. The molecule has 4 N–H and O–H groups in total. The van der Waals surface area contributed by atoms with E-state index < -0.39 is 30.4 Å². The number of hydrogen-bond donors (Lipinski definition) is 4. The van der Waals surface area contributed by atoms with Gasteiger partial charge in [-0.1, -0.05) is 0 Å². The van der Waals surface area contributed by atoms with Crippen LogP contribution >= 0.6 is 0 Å². The number of aromatic nitrogens is 5. The molecule has 1 aliphatic rings. The van der Waals surface area contributed by atoms with E-state index >= 15 is 0 Å². The van der Waals surface area contributed by atoms with Gasteiger partial charge < -0.3 is 25.6 Å². The third-order valence-electron chi connectivity index (χ3n) is 4.70. The first-order valence-electron chi connectivity index (χ1n) is 9.17. The molecule has 1 aliphatic heterocycles. The zero-order valence-electron chi connectivity index (χ0n) is 15.9. The molecule has 4 atom stereocenters. The van der Waals surface area contributed by atoms with Gasteiger partial charge in [0.15, 0.2) is 35.1 Å². The second-order valence-corrected chi connectivity index (χ2v) is 6.53. The molecule has 0 saturated carbocycles. The maximum atomic E-state index is 12.1. The minimum absolute atomic E-state index is 0.382. The zero-order valence-corrected chi connectivity index (χ0v) is 15.9. The van der Waals surface area contributed by atoms with Crippen LogP contribution in [0.4, 0.5) is 5.82 Å². The molecule has 0 aliphatic carbocycles. The fraction of sp³-hybridized carbons (Fsp3) is 0.389. The van der Waals surface area contributed by atoms with Crippen molar-refractivity contribution in [2.45, 2.75) is 31.5 Å². The van der Waals surface area contributed by atoms with Gasteiger partial charge in [-0.15, -0.1) is 0 Å². The number of likely N-dealkylation sites (N-methyl/N-ethyl adjacent to an activating group) is 1. The quantitative estimate of drug-likeness (QED) is 0.453. The molecule has 11 heteroatoms. The average Bonchev–Trinajstić information content (AvgIpc) is 3.29. The van der Waals surface area contributed by atoms with Crippen molar-refractivity contribution in [3.05, 3.63) is 30.9 Å². The summed E-state index contributed by atoms with van der Waals surface area (Å²) in [5.74, 6) is 0.401. The molecule has 4 rings (SSSR count). The molecule has 152 valence electrons. The van der Waals surface area contributed by atoms with Crippen molar-refractivity contribution in [2.75, 3.05) is 18.9 Å². The Morgan fingerprint density at radius 3 is 2.83 bits per heavy atom. The number of fused-ring (bicyclic) bond motifs is 1. The Bertz CT molecular complexity index is 1030. The van der Waals surface area contributed by atoms with Crippen molar-refractivity contribution in [1.82, 2.24) is 29.8 Å². The van der Waals surface area contributed by atoms with Crippen molar-refractivity contribution in [2.24, 2.45) is 0 Å². The van der Waals surface area contributed by atoms with E-state index in [1.807, 2.05) is 6.07 Å². The molecule has 0 aromatic carbocycles. The van der Waals surface area contributed by atoms with E-state index in [0.29, 0.717) is 34.9 Å². The van der Waals surface area contributed by atoms with E-state index in [0.717, 1.165) is 0 Å². The Hall–Kier alpha value is -3.15. The Morgan fingerprint density at radius 2 is 2.14 bits per heavy atom. The molecule has 0 bridgehead atoms. The second kappa shape index (κ2) is 7.70. The van der Waals surface area contributed by atoms with E-state index in [9.17, 15) is 15.0 Å². The van der Waals surface area contributed by atoms with Crippen LogP contribution < -0.4 is 10.6 Å². The van der Waals surface area contributed by atoms with Gasteiger partial charge in [-0.2, -0.15) is 0 Å². The highest BCUT2D eigenvalue weighted by Gasteiger charge is 2.47. The number of pyridine rings is 1. The lowest BCUT2D eigenvalue weighted by molar-refractivity contribution is -0.137. The summed E-state index contributed by atoms with van der Waals surface area (Å²) >= 11 is 0. The lowest BCUT2D eigenvalue weighted by atomic mass is 10.1. The van der Waals surface area contributed by atoms with Crippen LogP contribution in [0.2, 0.25) is 0 Å². The van der Waals surface area contributed by atoms with Crippen LogP contribution in [-0.4, -0.2) is 72.5 Å². The Labute approximate surface area is 165 Å². The van der Waals surface area contributed by atoms with Crippen LogP contribution in [-0.2, 0) is 9.53 Å². The molecule has 3 aromatic heterocycles. The number of rotatable bonds is 5. The number of ether oxygens (including phenoxy) is 1. The minimum atomic E-state index is -1.38. The number of carbonyl (C=O) groups is 1. The molecule has 3 aromatic rings. The number of nitrogens with one attached hydrogen (secondary N) is 2. The van der Waals surface area contributed by atoms with Crippen LogP contribution in [0.25, 0.3) is 22.6 Å². The highest BCUT2D eigenvalue weighted by molar-refractivity contribution is 5.85. The van der Waals surface area contributed by atoms with Crippen LogP contribution in [0.5, 0.6) is 0 Å². The van der Waals surface area contributed by atoms with Crippen molar-refractivity contribution in [3.8, 4) is 11.4 Å². The van der Waals surface area contributed by atoms with E-state index in [-0.39, 0.29) is 0 Å². The molecule has 0 spiro atoms. The van der Waals surface area contributed by atoms with Gasteiger partial charge in [-0.3, -0.25) is 14.3 Å². The number of hydrogen-bond acceptors (Lipinski definition) is 9. The highest BCUT2D eigenvalue weighted by atomic mass is 16.6. The monoisotopic (exact) mass is 399 g/mol. The SMILES string of the molecule is CCNC(=O)[C@@H]1OC(n2cnc3c(NC)nc(-c4cccnc4)nc32)C(O)C1O. The summed E-state index contributed by atoms with van der Waals surface area (Å²) in [7, 11) is 1.71. The molecule has 0 radical (unpaired) electrons. The van der Waals surface area contributed by atoms with E-state index in [1.54, 1.807) is 32.4 Å². The molecule has 4 heterocycles. The van der Waals surface area contributed by atoms with Crippen molar-refractivity contribution >= 4 is 22.9 Å². The molecule has 1 saturated heterocycles. The van der Waals surface area contributed by atoms with Gasteiger partial charge in [-0.25, -0.2) is 15.0 Å². The number of imidazole rings is 1. The maximum absolute atomic E-state index is 12.1. The lowest BCUT2D eigenvalue weighted by Gasteiger charge is -2.17. The predicted molar refractivity (Wildman–Crippen MR) is 103 cm³/mol. The van der Waals surface area contributed by atoms with Crippen LogP contribution in [0.1, 0.15) is 13.2 Å². The molecule has 1 fully saturated rings.